The SMILES string of the molecule is CCNC1CC2(CCCCCC2)Oc2cc(F)ccc21. The summed E-state index contributed by atoms with van der Waals surface area (Å²) in [5, 5.41) is 3.55. The summed E-state index contributed by atoms with van der Waals surface area (Å²) in [7, 11) is 0. The van der Waals surface area contributed by atoms with E-state index >= 15 is 0 Å². The maximum absolute atomic E-state index is 13.5. The van der Waals surface area contributed by atoms with Crippen LogP contribution in [-0.2, 0) is 0 Å². The van der Waals surface area contributed by atoms with Gasteiger partial charge in [-0.05, 0) is 38.3 Å². The lowest BCUT2D eigenvalue weighted by atomic mass is 9.82. The highest BCUT2D eigenvalue weighted by Gasteiger charge is 2.40. The van der Waals surface area contributed by atoms with E-state index in [4.69, 9.17) is 4.74 Å². The van der Waals surface area contributed by atoms with E-state index in [1.54, 1.807) is 6.07 Å². The highest BCUT2D eigenvalue weighted by Crippen LogP contribution is 2.45. The van der Waals surface area contributed by atoms with Crippen molar-refractivity contribution in [1.29, 1.82) is 0 Å². The molecule has 0 amide bonds. The molecular formula is C17H24FNO. The molecule has 1 aliphatic carbocycles. The minimum Gasteiger partial charge on any atom is -0.487 e. The predicted molar refractivity (Wildman–Crippen MR) is 78.5 cm³/mol. The molecule has 20 heavy (non-hydrogen) atoms. The first-order valence-electron chi connectivity index (χ1n) is 7.94. The van der Waals surface area contributed by atoms with E-state index in [-0.39, 0.29) is 11.4 Å². The highest BCUT2D eigenvalue weighted by atomic mass is 19.1. The Morgan fingerprint density at radius 1 is 1.25 bits per heavy atom. The Balaban J connectivity index is 1.93. The summed E-state index contributed by atoms with van der Waals surface area (Å²) in [5.41, 5.74) is 1.03. The molecule has 1 fully saturated rings. The van der Waals surface area contributed by atoms with Crippen molar-refractivity contribution in [2.75, 3.05) is 6.54 Å². The first-order valence-corrected chi connectivity index (χ1v) is 7.94. The topological polar surface area (TPSA) is 21.3 Å². The molecule has 1 spiro atoms. The Morgan fingerprint density at radius 2 is 2.00 bits per heavy atom. The Morgan fingerprint density at radius 3 is 2.70 bits per heavy atom. The molecule has 2 nitrogen and oxygen atoms in total. The van der Waals surface area contributed by atoms with Gasteiger partial charge in [-0.2, -0.15) is 0 Å². The van der Waals surface area contributed by atoms with Crippen molar-refractivity contribution in [2.45, 2.75) is 63.5 Å². The minimum atomic E-state index is -0.204. The van der Waals surface area contributed by atoms with Crippen LogP contribution >= 0.6 is 0 Å². The third-order valence-corrected chi connectivity index (χ3v) is 4.72. The van der Waals surface area contributed by atoms with Crippen molar-refractivity contribution in [3.05, 3.63) is 29.6 Å². The smallest absolute Gasteiger partial charge is 0.127 e. The number of halogens is 1. The lowest BCUT2D eigenvalue weighted by Crippen LogP contribution is -2.44. The maximum atomic E-state index is 13.5. The molecule has 0 bridgehead atoms. The van der Waals surface area contributed by atoms with Gasteiger partial charge in [0.25, 0.3) is 0 Å². The second-order valence-electron chi connectivity index (χ2n) is 6.20. The second-order valence-corrected chi connectivity index (χ2v) is 6.20. The van der Waals surface area contributed by atoms with Gasteiger partial charge in [-0.15, -0.1) is 0 Å². The van der Waals surface area contributed by atoms with Crippen LogP contribution in [0, 0.1) is 5.82 Å². The maximum Gasteiger partial charge on any atom is 0.127 e. The molecule has 1 aromatic rings. The van der Waals surface area contributed by atoms with Gasteiger partial charge in [0.1, 0.15) is 17.2 Å². The van der Waals surface area contributed by atoms with E-state index in [0.29, 0.717) is 6.04 Å². The molecule has 1 aliphatic heterocycles. The van der Waals surface area contributed by atoms with Crippen molar-refractivity contribution in [2.24, 2.45) is 0 Å². The normalized spacial score (nSPS) is 24.8. The van der Waals surface area contributed by atoms with Crippen molar-refractivity contribution < 1.29 is 9.13 Å². The summed E-state index contributed by atoms with van der Waals surface area (Å²) in [6.45, 7) is 3.05. The zero-order chi connectivity index (χ0) is 14.0. The molecule has 0 saturated heterocycles. The van der Waals surface area contributed by atoms with Crippen LogP contribution in [0.25, 0.3) is 0 Å². The van der Waals surface area contributed by atoms with Gasteiger partial charge in [0.05, 0.1) is 0 Å². The van der Waals surface area contributed by atoms with Gasteiger partial charge < -0.3 is 10.1 Å². The zero-order valence-corrected chi connectivity index (χ0v) is 12.3. The molecule has 0 radical (unpaired) electrons. The average molecular weight is 277 g/mol. The van der Waals surface area contributed by atoms with Crippen LogP contribution in [0.3, 0.4) is 0 Å². The average Bonchev–Trinajstić information content (AvgIpc) is 2.64. The molecule has 0 aromatic heterocycles. The summed E-state index contributed by atoms with van der Waals surface area (Å²) in [6.07, 6.45) is 8.27. The third-order valence-electron chi connectivity index (χ3n) is 4.72. The number of fused-ring (bicyclic) bond motifs is 1. The van der Waals surface area contributed by atoms with Gasteiger partial charge in [0.2, 0.25) is 0 Å². The first kappa shape index (κ1) is 13.9. The van der Waals surface area contributed by atoms with Gasteiger partial charge in [-0.1, -0.05) is 25.8 Å². The second kappa shape index (κ2) is 5.72. The Kier molecular flexibility index (Phi) is 3.97. The molecule has 3 rings (SSSR count). The van der Waals surface area contributed by atoms with Crippen molar-refractivity contribution in [1.82, 2.24) is 5.32 Å². The van der Waals surface area contributed by atoms with Crippen LogP contribution in [0.1, 0.15) is 63.5 Å². The molecule has 1 saturated carbocycles. The van der Waals surface area contributed by atoms with Crippen molar-refractivity contribution >= 4 is 0 Å². The molecule has 110 valence electrons. The molecule has 2 aliphatic rings. The molecule has 1 unspecified atom stereocenters. The van der Waals surface area contributed by atoms with E-state index in [9.17, 15) is 4.39 Å². The van der Waals surface area contributed by atoms with Gasteiger partial charge in [-0.25, -0.2) is 4.39 Å². The lowest BCUT2D eigenvalue weighted by Gasteiger charge is -2.42. The van der Waals surface area contributed by atoms with Crippen molar-refractivity contribution in [3.63, 3.8) is 0 Å². The van der Waals surface area contributed by atoms with Crippen LogP contribution in [0.15, 0.2) is 18.2 Å². The quantitative estimate of drug-likeness (QED) is 0.867. The monoisotopic (exact) mass is 277 g/mol. The van der Waals surface area contributed by atoms with Crippen LogP contribution in [0.2, 0.25) is 0 Å². The van der Waals surface area contributed by atoms with Crippen LogP contribution in [-0.4, -0.2) is 12.1 Å². The van der Waals surface area contributed by atoms with Crippen molar-refractivity contribution in [3.8, 4) is 5.75 Å². The first-order chi connectivity index (χ1) is 9.72. The van der Waals surface area contributed by atoms with Gasteiger partial charge in [0.15, 0.2) is 0 Å². The summed E-state index contributed by atoms with van der Waals surface area (Å²) in [6, 6.07) is 5.27. The number of hydrogen-bond donors (Lipinski definition) is 1. The molecule has 3 heteroatoms. The summed E-state index contributed by atoms with van der Waals surface area (Å²) in [5.74, 6) is 0.550. The molecule has 1 aromatic carbocycles. The fraction of sp³-hybridized carbons (Fsp3) is 0.647. The Hall–Kier alpha value is -1.09. The van der Waals surface area contributed by atoms with Gasteiger partial charge >= 0.3 is 0 Å². The van der Waals surface area contributed by atoms with Gasteiger partial charge in [0, 0.05) is 24.1 Å². The summed E-state index contributed by atoms with van der Waals surface area (Å²) in [4.78, 5) is 0. The van der Waals surface area contributed by atoms with E-state index in [1.807, 2.05) is 6.07 Å². The minimum absolute atomic E-state index is 0.0792. The number of benzene rings is 1. The van der Waals surface area contributed by atoms with E-state index < -0.39 is 0 Å². The number of nitrogens with one attached hydrogen (secondary N) is 1. The predicted octanol–water partition coefficient (Wildman–Crippen LogP) is 4.35. The van der Waals surface area contributed by atoms with E-state index in [2.05, 4.69) is 12.2 Å². The summed E-state index contributed by atoms with van der Waals surface area (Å²) < 4.78 is 19.9. The fourth-order valence-electron chi connectivity index (χ4n) is 3.75. The van der Waals surface area contributed by atoms with E-state index in [0.717, 1.165) is 37.1 Å². The third kappa shape index (κ3) is 2.69. The highest BCUT2D eigenvalue weighted by molar-refractivity contribution is 5.39. The number of ether oxygens (including phenoxy) is 1. The standard InChI is InChI=1S/C17H24FNO/c1-2-19-15-12-17(9-5-3-4-6-10-17)20-16-11-13(18)7-8-14(15)16/h7-8,11,15,19H,2-6,9-10,12H2,1H3. The molecular weight excluding hydrogens is 253 g/mol. The zero-order valence-electron chi connectivity index (χ0n) is 12.3. The number of rotatable bonds is 2. The van der Waals surface area contributed by atoms with Crippen LogP contribution < -0.4 is 10.1 Å². The number of hydrogen-bond acceptors (Lipinski definition) is 2. The van der Waals surface area contributed by atoms with Gasteiger partial charge in [-0.3, -0.25) is 0 Å². The largest absolute Gasteiger partial charge is 0.487 e. The fourth-order valence-corrected chi connectivity index (χ4v) is 3.75. The summed E-state index contributed by atoms with van der Waals surface area (Å²) >= 11 is 0. The van der Waals surface area contributed by atoms with Crippen LogP contribution in [0.4, 0.5) is 4.39 Å². The molecule has 1 heterocycles. The Labute approximate surface area is 120 Å². The Bertz CT molecular complexity index is 466. The van der Waals surface area contributed by atoms with E-state index in [1.165, 1.54) is 31.7 Å². The van der Waals surface area contributed by atoms with Crippen LogP contribution in [0.5, 0.6) is 5.75 Å². The molecule has 1 atom stereocenters. The lowest BCUT2D eigenvalue weighted by molar-refractivity contribution is 0.0160. The molecule has 1 N–H and O–H groups in total.